The molecule has 0 aliphatic carbocycles. The molecule has 2 amide bonds. The van der Waals surface area contributed by atoms with Gasteiger partial charge in [-0.05, 0) is 49.8 Å². The molecule has 27 heavy (non-hydrogen) atoms. The molecule has 5 heteroatoms. The molecule has 1 aromatic carbocycles. The maximum atomic E-state index is 12.3. The molecule has 0 spiro atoms. The van der Waals surface area contributed by atoms with Gasteiger partial charge in [0.1, 0.15) is 0 Å². The standard InChI is InChI=1S/C22H32N2O3/c1-15(2)13-22(27)24-11-9-19(10-12-24)23-21(26)8-7-20(25)18-6-5-16(3)17(4)14-18/h5-6,14-15,19H,7-13H2,1-4H3,(H,23,26). The van der Waals surface area contributed by atoms with Crippen molar-refractivity contribution in [3.63, 3.8) is 0 Å². The number of benzene rings is 1. The lowest BCUT2D eigenvalue weighted by molar-refractivity contribution is -0.133. The van der Waals surface area contributed by atoms with Crippen molar-refractivity contribution in [2.45, 2.75) is 65.8 Å². The highest BCUT2D eigenvalue weighted by Crippen LogP contribution is 2.15. The number of hydrogen-bond donors (Lipinski definition) is 1. The molecule has 5 nitrogen and oxygen atoms in total. The summed E-state index contributed by atoms with van der Waals surface area (Å²) in [4.78, 5) is 38.5. The highest BCUT2D eigenvalue weighted by Gasteiger charge is 2.24. The molecule has 1 fully saturated rings. The first-order chi connectivity index (χ1) is 12.8. The van der Waals surface area contributed by atoms with Crippen molar-refractivity contribution in [1.29, 1.82) is 0 Å². The van der Waals surface area contributed by atoms with Crippen molar-refractivity contribution in [1.82, 2.24) is 10.2 Å². The van der Waals surface area contributed by atoms with Gasteiger partial charge in [-0.15, -0.1) is 0 Å². The number of carbonyl (C=O) groups is 3. The van der Waals surface area contributed by atoms with E-state index >= 15 is 0 Å². The minimum absolute atomic E-state index is 0.00218. The molecular weight excluding hydrogens is 340 g/mol. The number of carbonyl (C=O) groups excluding carboxylic acids is 3. The quantitative estimate of drug-likeness (QED) is 0.746. The summed E-state index contributed by atoms with van der Waals surface area (Å²) < 4.78 is 0. The predicted molar refractivity (Wildman–Crippen MR) is 107 cm³/mol. The van der Waals surface area contributed by atoms with Crippen LogP contribution in [0.15, 0.2) is 18.2 Å². The lowest BCUT2D eigenvalue weighted by atomic mass is 10.0. The van der Waals surface area contributed by atoms with Gasteiger partial charge in [-0.25, -0.2) is 0 Å². The van der Waals surface area contributed by atoms with E-state index < -0.39 is 0 Å². The Labute approximate surface area is 162 Å². The van der Waals surface area contributed by atoms with Crippen LogP contribution in [0, 0.1) is 19.8 Å². The van der Waals surface area contributed by atoms with Gasteiger partial charge in [0.05, 0.1) is 0 Å². The lowest BCUT2D eigenvalue weighted by Gasteiger charge is -2.32. The minimum Gasteiger partial charge on any atom is -0.353 e. The molecule has 0 saturated carbocycles. The molecule has 148 valence electrons. The normalized spacial score (nSPS) is 15.1. The zero-order valence-corrected chi connectivity index (χ0v) is 17.0. The van der Waals surface area contributed by atoms with Gasteiger partial charge in [0.15, 0.2) is 5.78 Å². The highest BCUT2D eigenvalue weighted by atomic mass is 16.2. The predicted octanol–water partition coefficient (Wildman–Crippen LogP) is 3.42. The molecule has 0 radical (unpaired) electrons. The third kappa shape index (κ3) is 6.49. The van der Waals surface area contributed by atoms with E-state index in [9.17, 15) is 14.4 Å². The van der Waals surface area contributed by atoms with Crippen LogP contribution in [0.5, 0.6) is 0 Å². The summed E-state index contributed by atoms with van der Waals surface area (Å²) in [6, 6.07) is 5.75. The van der Waals surface area contributed by atoms with E-state index in [4.69, 9.17) is 0 Å². The number of nitrogens with one attached hydrogen (secondary N) is 1. The van der Waals surface area contributed by atoms with Crippen LogP contribution in [-0.4, -0.2) is 41.6 Å². The topological polar surface area (TPSA) is 66.5 Å². The number of ketones is 1. The highest BCUT2D eigenvalue weighted by molar-refractivity contribution is 5.98. The van der Waals surface area contributed by atoms with Crippen molar-refractivity contribution < 1.29 is 14.4 Å². The van der Waals surface area contributed by atoms with Gasteiger partial charge in [0.2, 0.25) is 11.8 Å². The molecule has 0 unspecified atom stereocenters. The van der Waals surface area contributed by atoms with Gasteiger partial charge >= 0.3 is 0 Å². The van der Waals surface area contributed by atoms with E-state index in [0.717, 1.165) is 24.0 Å². The van der Waals surface area contributed by atoms with E-state index in [1.54, 1.807) is 0 Å². The number of nitrogens with zero attached hydrogens (tertiary/aromatic N) is 1. The summed E-state index contributed by atoms with van der Waals surface area (Å²) in [6.07, 6.45) is 2.57. The average Bonchev–Trinajstić information content (AvgIpc) is 2.62. The van der Waals surface area contributed by atoms with Crippen molar-refractivity contribution >= 4 is 17.6 Å². The molecule has 1 saturated heterocycles. The third-order valence-electron chi connectivity index (χ3n) is 5.20. The van der Waals surface area contributed by atoms with Crippen molar-refractivity contribution in [3.8, 4) is 0 Å². The monoisotopic (exact) mass is 372 g/mol. The number of rotatable bonds is 7. The summed E-state index contributed by atoms with van der Waals surface area (Å²) in [7, 11) is 0. The Morgan fingerprint density at radius 1 is 1.07 bits per heavy atom. The number of hydrogen-bond acceptors (Lipinski definition) is 3. The summed E-state index contributed by atoms with van der Waals surface area (Å²) in [5.74, 6) is 0.486. The van der Waals surface area contributed by atoms with Crippen LogP contribution in [-0.2, 0) is 9.59 Å². The fourth-order valence-corrected chi connectivity index (χ4v) is 3.34. The van der Waals surface area contributed by atoms with Gasteiger partial charge in [0, 0.05) is 44.0 Å². The third-order valence-corrected chi connectivity index (χ3v) is 5.20. The van der Waals surface area contributed by atoms with Crippen molar-refractivity contribution in [2.24, 2.45) is 5.92 Å². The smallest absolute Gasteiger partial charge is 0.222 e. The van der Waals surface area contributed by atoms with E-state index in [1.807, 2.05) is 50.8 Å². The molecule has 0 atom stereocenters. The van der Waals surface area contributed by atoms with Gasteiger partial charge in [0.25, 0.3) is 0 Å². The zero-order chi connectivity index (χ0) is 20.0. The zero-order valence-electron chi connectivity index (χ0n) is 17.0. The van der Waals surface area contributed by atoms with Crippen LogP contribution < -0.4 is 5.32 Å². The van der Waals surface area contributed by atoms with Crippen LogP contribution in [0.3, 0.4) is 0 Å². The summed E-state index contributed by atoms with van der Waals surface area (Å²) >= 11 is 0. The fourth-order valence-electron chi connectivity index (χ4n) is 3.34. The molecule has 0 aromatic heterocycles. The first-order valence-electron chi connectivity index (χ1n) is 9.94. The summed E-state index contributed by atoms with van der Waals surface area (Å²) in [5.41, 5.74) is 2.91. The molecule has 1 N–H and O–H groups in total. The molecule has 1 aromatic rings. The Kier molecular flexibility index (Phi) is 7.57. The lowest BCUT2D eigenvalue weighted by Crippen LogP contribution is -2.46. The molecule has 1 aliphatic heterocycles. The second-order valence-corrected chi connectivity index (χ2v) is 8.04. The van der Waals surface area contributed by atoms with Crippen LogP contribution in [0.25, 0.3) is 0 Å². The molecular formula is C22H32N2O3. The molecule has 1 heterocycles. The largest absolute Gasteiger partial charge is 0.353 e. The van der Waals surface area contributed by atoms with Gasteiger partial charge in [-0.1, -0.05) is 26.0 Å². The van der Waals surface area contributed by atoms with Gasteiger partial charge < -0.3 is 10.2 Å². The Bertz CT molecular complexity index is 689. The summed E-state index contributed by atoms with van der Waals surface area (Å²) in [6.45, 7) is 9.47. The Morgan fingerprint density at radius 2 is 1.74 bits per heavy atom. The Morgan fingerprint density at radius 3 is 2.33 bits per heavy atom. The van der Waals surface area contributed by atoms with Crippen LogP contribution in [0.2, 0.25) is 0 Å². The Hall–Kier alpha value is -2.17. The van der Waals surface area contributed by atoms with Crippen LogP contribution in [0.1, 0.15) is 67.4 Å². The number of amides is 2. The first-order valence-corrected chi connectivity index (χ1v) is 9.94. The van der Waals surface area contributed by atoms with Crippen LogP contribution >= 0.6 is 0 Å². The SMILES string of the molecule is Cc1ccc(C(=O)CCC(=O)NC2CCN(C(=O)CC(C)C)CC2)cc1C. The number of likely N-dealkylation sites (tertiary alicyclic amines) is 1. The number of Topliss-reactive ketones (excluding diaryl/α,β-unsaturated/α-hetero) is 1. The first kappa shape index (κ1) is 21.1. The molecule has 0 bridgehead atoms. The fraction of sp³-hybridized carbons (Fsp3) is 0.591. The number of aryl methyl sites for hydroxylation is 2. The van der Waals surface area contributed by atoms with Crippen molar-refractivity contribution in [2.75, 3.05) is 13.1 Å². The van der Waals surface area contributed by atoms with Crippen molar-refractivity contribution in [3.05, 3.63) is 34.9 Å². The second kappa shape index (κ2) is 9.67. The second-order valence-electron chi connectivity index (χ2n) is 8.04. The van der Waals surface area contributed by atoms with E-state index in [2.05, 4.69) is 5.32 Å². The van der Waals surface area contributed by atoms with E-state index in [-0.39, 0.29) is 36.5 Å². The minimum atomic E-state index is -0.0841. The molecule has 2 rings (SSSR count). The summed E-state index contributed by atoms with van der Waals surface area (Å²) in [5, 5.41) is 3.02. The van der Waals surface area contributed by atoms with Gasteiger partial charge in [-0.2, -0.15) is 0 Å². The maximum Gasteiger partial charge on any atom is 0.222 e. The Balaban J connectivity index is 1.72. The van der Waals surface area contributed by atoms with Gasteiger partial charge in [-0.3, -0.25) is 14.4 Å². The average molecular weight is 373 g/mol. The molecule has 1 aliphatic rings. The van der Waals surface area contributed by atoms with Crippen LogP contribution in [0.4, 0.5) is 0 Å². The number of piperidine rings is 1. The van der Waals surface area contributed by atoms with E-state index in [0.29, 0.717) is 31.0 Å². The maximum absolute atomic E-state index is 12.3. The van der Waals surface area contributed by atoms with E-state index in [1.165, 1.54) is 0 Å².